The number of Topliss-reactive ketones (excluding diaryl/α,β-unsaturated/α-hetero) is 1. The molecule has 1 amide bonds. The van der Waals surface area contributed by atoms with Crippen LogP contribution >= 0.6 is 0 Å². The summed E-state index contributed by atoms with van der Waals surface area (Å²) in [6, 6.07) is -0.150. The van der Waals surface area contributed by atoms with Crippen LogP contribution in [0.5, 0.6) is 0 Å². The number of rotatable bonds is 1. The molecular weight excluding hydrogens is 298 g/mol. The van der Waals surface area contributed by atoms with Crippen molar-refractivity contribution in [3.63, 3.8) is 0 Å². The Hall–Kier alpha value is -1.59. The topological polar surface area (TPSA) is 83.9 Å². The van der Waals surface area contributed by atoms with E-state index >= 15 is 0 Å². The molecule has 6 nitrogen and oxygen atoms in total. The van der Waals surface area contributed by atoms with Gasteiger partial charge in [0, 0.05) is 19.0 Å². The van der Waals surface area contributed by atoms with Crippen molar-refractivity contribution in [2.75, 3.05) is 6.54 Å². The fraction of sp³-hybridized carbons (Fsp3) is 0.824. The van der Waals surface area contributed by atoms with Gasteiger partial charge in [0.15, 0.2) is 0 Å². The highest BCUT2D eigenvalue weighted by atomic mass is 16.6. The van der Waals surface area contributed by atoms with Crippen LogP contribution < -0.4 is 0 Å². The quantitative estimate of drug-likeness (QED) is 0.749. The third-order valence-corrected chi connectivity index (χ3v) is 5.55. The second-order valence-electron chi connectivity index (χ2n) is 8.11. The Balaban J connectivity index is 2.19. The molecule has 3 unspecified atom stereocenters. The van der Waals surface area contributed by atoms with Crippen molar-refractivity contribution in [3.8, 4) is 0 Å². The molecular formula is C17H27NO5. The summed E-state index contributed by atoms with van der Waals surface area (Å²) in [6.45, 7) is 9.33. The predicted octanol–water partition coefficient (Wildman–Crippen LogP) is 2.85. The standard InChI is InChI=1S/C17H27NO5/c1-11-10-17(7-6-12(19)16(17,5)13(20)21)8-9-18(11)14(22)23-15(2,3)4/h11H,6-10H2,1-5H3,(H,20,21). The van der Waals surface area contributed by atoms with Crippen molar-refractivity contribution in [3.05, 3.63) is 0 Å². The lowest BCUT2D eigenvalue weighted by atomic mass is 9.60. The third kappa shape index (κ3) is 2.83. The molecule has 0 bridgehead atoms. The molecule has 1 spiro atoms. The molecule has 2 aliphatic rings. The van der Waals surface area contributed by atoms with E-state index in [-0.39, 0.29) is 17.9 Å². The van der Waals surface area contributed by atoms with E-state index in [0.29, 0.717) is 32.2 Å². The lowest BCUT2D eigenvalue weighted by Gasteiger charge is -2.48. The Morgan fingerprint density at radius 2 is 1.91 bits per heavy atom. The van der Waals surface area contributed by atoms with Gasteiger partial charge in [0.25, 0.3) is 0 Å². The maximum atomic E-state index is 12.3. The van der Waals surface area contributed by atoms with Crippen LogP contribution in [-0.4, -0.2) is 46.0 Å². The first-order valence-electron chi connectivity index (χ1n) is 8.19. The van der Waals surface area contributed by atoms with Crippen LogP contribution in [0.25, 0.3) is 0 Å². The van der Waals surface area contributed by atoms with E-state index in [1.807, 2.05) is 27.7 Å². The minimum Gasteiger partial charge on any atom is -0.480 e. The van der Waals surface area contributed by atoms with Gasteiger partial charge in [0.1, 0.15) is 16.8 Å². The number of aliphatic carboxylic acids is 1. The van der Waals surface area contributed by atoms with Crippen LogP contribution in [0.15, 0.2) is 0 Å². The Kier molecular flexibility index (Phi) is 4.24. The van der Waals surface area contributed by atoms with E-state index in [0.717, 1.165) is 0 Å². The average molecular weight is 325 g/mol. The predicted molar refractivity (Wildman–Crippen MR) is 84.1 cm³/mol. The first kappa shape index (κ1) is 17.8. The molecule has 0 aromatic rings. The van der Waals surface area contributed by atoms with E-state index in [1.54, 1.807) is 11.8 Å². The largest absolute Gasteiger partial charge is 0.480 e. The summed E-state index contributed by atoms with van der Waals surface area (Å²) in [5, 5.41) is 9.65. The maximum absolute atomic E-state index is 12.3. The van der Waals surface area contributed by atoms with E-state index in [2.05, 4.69) is 0 Å². The lowest BCUT2D eigenvalue weighted by Crippen LogP contribution is -2.56. The third-order valence-electron chi connectivity index (χ3n) is 5.55. The zero-order valence-electron chi connectivity index (χ0n) is 14.6. The molecule has 0 radical (unpaired) electrons. The molecule has 2 fully saturated rings. The van der Waals surface area contributed by atoms with Crippen LogP contribution in [0.4, 0.5) is 4.79 Å². The second kappa shape index (κ2) is 5.49. The molecule has 0 aromatic heterocycles. The number of carboxylic acid groups (broad SMARTS) is 1. The van der Waals surface area contributed by atoms with Crippen LogP contribution in [0.3, 0.4) is 0 Å². The van der Waals surface area contributed by atoms with Gasteiger partial charge < -0.3 is 14.7 Å². The summed E-state index contributed by atoms with van der Waals surface area (Å²) in [6.07, 6.45) is 1.55. The SMILES string of the molecule is CC1CC2(CCC(=O)C2(C)C(=O)O)CCN1C(=O)OC(C)(C)C. The minimum atomic E-state index is -1.35. The molecule has 6 heteroatoms. The lowest BCUT2D eigenvalue weighted by molar-refractivity contribution is -0.162. The monoisotopic (exact) mass is 325 g/mol. The average Bonchev–Trinajstić information content (AvgIpc) is 2.63. The minimum absolute atomic E-state index is 0.150. The Bertz CT molecular complexity index is 538. The number of carbonyl (C=O) groups is 3. The van der Waals surface area contributed by atoms with Gasteiger partial charge in [-0.3, -0.25) is 9.59 Å². The van der Waals surface area contributed by atoms with E-state index in [4.69, 9.17) is 4.74 Å². The van der Waals surface area contributed by atoms with Crippen LogP contribution in [-0.2, 0) is 14.3 Å². The van der Waals surface area contributed by atoms with Crippen molar-refractivity contribution in [1.82, 2.24) is 4.90 Å². The Labute approximate surface area is 137 Å². The number of hydrogen-bond acceptors (Lipinski definition) is 4. The number of hydrogen-bond donors (Lipinski definition) is 1. The summed E-state index contributed by atoms with van der Waals surface area (Å²) < 4.78 is 5.42. The number of carboxylic acids is 1. The maximum Gasteiger partial charge on any atom is 0.410 e. The number of ether oxygens (including phenoxy) is 1. The van der Waals surface area contributed by atoms with Gasteiger partial charge in [-0.25, -0.2) is 4.79 Å². The van der Waals surface area contributed by atoms with E-state index < -0.39 is 22.4 Å². The van der Waals surface area contributed by atoms with Crippen molar-refractivity contribution in [1.29, 1.82) is 0 Å². The summed E-state index contributed by atoms with van der Waals surface area (Å²) in [7, 11) is 0. The van der Waals surface area contributed by atoms with Crippen LogP contribution in [0.1, 0.15) is 60.3 Å². The van der Waals surface area contributed by atoms with Crippen molar-refractivity contribution in [2.45, 2.75) is 71.9 Å². The molecule has 1 saturated heterocycles. The Morgan fingerprint density at radius 3 is 2.39 bits per heavy atom. The highest BCUT2D eigenvalue weighted by Crippen LogP contribution is 2.57. The zero-order valence-corrected chi connectivity index (χ0v) is 14.6. The molecule has 2 rings (SSSR count). The molecule has 1 N–H and O–H groups in total. The summed E-state index contributed by atoms with van der Waals surface area (Å²) in [5.74, 6) is -1.24. The van der Waals surface area contributed by atoms with Crippen molar-refractivity contribution in [2.24, 2.45) is 10.8 Å². The van der Waals surface area contributed by atoms with Gasteiger partial charge in [0.05, 0.1) is 0 Å². The fourth-order valence-corrected chi connectivity index (χ4v) is 4.10. The first-order valence-corrected chi connectivity index (χ1v) is 8.19. The molecule has 3 atom stereocenters. The van der Waals surface area contributed by atoms with E-state index in [1.165, 1.54) is 0 Å². The fourth-order valence-electron chi connectivity index (χ4n) is 4.10. The van der Waals surface area contributed by atoms with Gasteiger partial charge in [-0.15, -0.1) is 0 Å². The van der Waals surface area contributed by atoms with Gasteiger partial charge in [-0.2, -0.15) is 0 Å². The number of carbonyl (C=O) groups excluding carboxylic acids is 2. The molecule has 1 aliphatic carbocycles. The van der Waals surface area contributed by atoms with Gasteiger partial charge in [-0.05, 0) is 59.3 Å². The number of nitrogens with zero attached hydrogens (tertiary/aromatic N) is 1. The molecule has 0 aromatic carbocycles. The molecule has 1 aliphatic heterocycles. The van der Waals surface area contributed by atoms with Gasteiger partial charge >= 0.3 is 12.1 Å². The normalized spacial score (nSPS) is 34.7. The van der Waals surface area contributed by atoms with Gasteiger partial charge in [0.2, 0.25) is 0 Å². The molecule has 1 saturated carbocycles. The molecule has 130 valence electrons. The molecule has 1 heterocycles. The Morgan fingerprint density at radius 1 is 1.30 bits per heavy atom. The van der Waals surface area contributed by atoms with Gasteiger partial charge in [-0.1, -0.05) is 0 Å². The van der Waals surface area contributed by atoms with Crippen molar-refractivity contribution >= 4 is 17.8 Å². The van der Waals surface area contributed by atoms with Crippen LogP contribution in [0, 0.1) is 10.8 Å². The number of amides is 1. The second-order valence-corrected chi connectivity index (χ2v) is 8.11. The number of likely N-dealkylation sites (tertiary alicyclic amines) is 1. The van der Waals surface area contributed by atoms with E-state index in [9.17, 15) is 19.5 Å². The smallest absolute Gasteiger partial charge is 0.410 e. The highest BCUT2D eigenvalue weighted by Gasteiger charge is 2.63. The first-order chi connectivity index (χ1) is 10.4. The van der Waals surface area contributed by atoms with Crippen LogP contribution in [0.2, 0.25) is 0 Å². The summed E-state index contributed by atoms with van der Waals surface area (Å²) in [5.41, 5.74) is -2.47. The zero-order chi connectivity index (χ0) is 17.6. The highest BCUT2D eigenvalue weighted by molar-refractivity contribution is 6.05. The van der Waals surface area contributed by atoms with Crippen molar-refractivity contribution < 1.29 is 24.2 Å². The summed E-state index contributed by atoms with van der Waals surface area (Å²) >= 11 is 0. The number of piperidine rings is 1. The number of ketones is 1. The molecule has 23 heavy (non-hydrogen) atoms. The summed E-state index contributed by atoms with van der Waals surface area (Å²) in [4.78, 5) is 38.0.